The number of amides is 1. The Balaban J connectivity index is 2.49. The van der Waals surface area contributed by atoms with E-state index in [1.165, 1.54) is 10.4 Å². The van der Waals surface area contributed by atoms with Crippen LogP contribution >= 0.6 is 11.3 Å². The number of carbonyl (C=O) groups excluding carboxylic acids is 1. The predicted molar refractivity (Wildman–Crippen MR) is 68.4 cm³/mol. The van der Waals surface area contributed by atoms with E-state index in [9.17, 15) is 4.79 Å². The molecule has 0 aliphatic rings. The van der Waals surface area contributed by atoms with Gasteiger partial charge >= 0.3 is 0 Å². The number of rotatable bonds is 5. The number of nitrogens with zero attached hydrogens (tertiary/aromatic N) is 1. The van der Waals surface area contributed by atoms with E-state index >= 15 is 0 Å². The molecule has 0 saturated carbocycles. The lowest BCUT2D eigenvalue weighted by Gasteiger charge is -2.18. The fourth-order valence-electron chi connectivity index (χ4n) is 1.41. The maximum Gasteiger partial charge on any atom is 0.222 e. The lowest BCUT2D eigenvalue weighted by atomic mass is 10.1. The van der Waals surface area contributed by atoms with E-state index < -0.39 is 0 Å². The molecule has 0 aromatic carbocycles. The summed E-state index contributed by atoms with van der Waals surface area (Å²) in [5, 5.41) is 2.06. The zero-order chi connectivity index (χ0) is 12.1. The Hall–Kier alpha value is -0.870. The Bertz CT molecular complexity index is 349. The summed E-state index contributed by atoms with van der Waals surface area (Å²) < 4.78 is 0. The number of aryl methyl sites for hydroxylation is 1. The molecule has 1 unspecified atom stereocenters. The molecule has 1 atom stereocenters. The average Bonchev–Trinajstić information content (AvgIpc) is 2.64. The lowest BCUT2D eigenvalue weighted by Crippen LogP contribution is -2.29. The van der Waals surface area contributed by atoms with Crippen LogP contribution in [0.2, 0.25) is 0 Å². The standard InChI is InChI=1S/C12H20N2OS/c1-9(7-13)6-12(15)14(3)8-11-10(2)4-5-16-11/h4-5,9H,6-8,13H2,1-3H3. The highest BCUT2D eigenvalue weighted by Gasteiger charge is 2.13. The monoisotopic (exact) mass is 240 g/mol. The van der Waals surface area contributed by atoms with Gasteiger partial charge in [0.05, 0.1) is 6.54 Å². The molecule has 1 heterocycles. The molecule has 0 saturated heterocycles. The van der Waals surface area contributed by atoms with Crippen LogP contribution in [0, 0.1) is 12.8 Å². The van der Waals surface area contributed by atoms with E-state index in [1.54, 1.807) is 16.2 Å². The molecule has 1 rings (SSSR count). The summed E-state index contributed by atoms with van der Waals surface area (Å²) >= 11 is 1.70. The first-order valence-electron chi connectivity index (χ1n) is 5.51. The first-order valence-corrected chi connectivity index (χ1v) is 6.39. The molecule has 4 heteroatoms. The smallest absolute Gasteiger partial charge is 0.222 e. The Morgan fingerprint density at radius 2 is 2.31 bits per heavy atom. The van der Waals surface area contributed by atoms with Crippen molar-refractivity contribution in [3.05, 3.63) is 21.9 Å². The van der Waals surface area contributed by atoms with Crippen molar-refractivity contribution in [3.63, 3.8) is 0 Å². The van der Waals surface area contributed by atoms with Crippen molar-refractivity contribution in [2.45, 2.75) is 26.8 Å². The molecule has 90 valence electrons. The van der Waals surface area contributed by atoms with Gasteiger partial charge in [-0.1, -0.05) is 6.92 Å². The van der Waals surface area contributed by atoms with Crippen LogP contribution in [0.25, 0.3) is 0 Å². The van der Waals surface area contributed by atoms with E-state index in [1.807, 2.05) is 14.0 Å². The van der Waals surface area contributed by atoms with Gasteiger partial charge < -0.3 is 10.6 Å². The van der Waals surface area contributed by atoms with E-state index in [2.05, 4.69) is 18.4 Å². The molecule has 3 nitrogen and oxygen atoms in total. The fraction of sp³-hybridized carbons (Fsp3) is 0.583. The molecule has 16 heavy (non-hydrogen) atoms. The van der Waals surface area contributed by atoms with Gasteiger partial charge in [0.2, 0.25) is 5.91 Å². The molecule has 0 aliphatic heterocycles. The highest BCUT2D eigenvalue weighted by atomic mass is 32.1. The first-order chi connectivity index (χ1) is 7.54. The number of nitrogens with two attached hydrogens (primary N) is 1. The summed E-state index contributed by atoms with van der Waals surface area (Å²) in [4.78, 5) is 14.9. The summed E-state index contributed by atoms with van der Waals surface area (Å²) in [6, 6.07) is 2.08. The Kier molecular flexibility index (Phi) is 4.96. The van der Waals surface area contributed by atoms with E-state index in [0.717, 1.165) is 0 Å². The van der Waals surface area contributed by atoms with Crippen molar-refractivity contribution in [2.24, 2.45) is 11.7 Å². The number of thiophene rings is 1. The lowest BCUT2D eigenvalue weighted by molar-refractivity contribution is -0.131. The van der Waals surface area contributed by atoms with Crippen LogP contribution in [0.3, 0.4) is 0 Å². The molecule has 0 bridgehead atoms. The normalized spacial score (nSPS) is 12.5. The van der Waals surface area contributed by atoms with Gasteiger partial charge in [0.15, 0.2) is 0 Å². The van der Waals surface area contributed by atoms with E-state index in [4.69, 9.17) is 5.73 Å². The van der Waals surface area contributed by atoms with Crippen LogP contribution in [-0.2, 0) is 11.3 Å². The van der Waals surface area contributed by atoms with Gasteiger partial charge in [0, 0.05) is 18.3 Å². The van der Waals surface area contributed by atoms with Gasteiger partial charge in [-0.25, -0.2) is 0 Å². The minimum atomic E-state index is 0.172. The van der Waals surface area contributed by atoms with Crippen molar-refractivity contribution < 1.29 is 4.79 Å². The second-order valence-corrected chi connectivity index (χ2v) is 5.32. The maximum absolute atomic E-state index is 11.8. The van der Waals surface area contributed by atoms with Crippen molar-refractivity contribution in [3.8, 4) is 0 Å². The highest BCUT2D eigenvalue weighted by molar-refractivity contribution is 7.10. The molecule has 0 spiro atoms. The van der Waals surface area contributed by atoms with Crippen LogP contribution in [0.4, 0.5) is 0 Å². The second-order valence-electron chi connectivity index (χ2n) is 4.32. The number of hydrogen-bond acceptors (Lipinski definition) is 3. The molecule has 1 aromatic heterocycles. The predicted octanol–water partition coefficient (Wildman–Crippen LogP) is 2.00. The van der Waals surface area contributed by atoms with Crippen LogP contribution in [-0.4, -0.2) is 24.4 Å². The van der Waals surface area contributed by atoms with E-state index in [-0.39, 0.29) is 11.8 Å². The summed E-state index contributed by atoms with van der Waals surface area (Å²) in [5.74, 6) is 0.435. The Labute approximate surface area is 101 Å². The third-order valence-electron chi connectivity index (χ3n) is 2.70. The van der Waals surface area contributed by atoms with Gasteiger partial charge in [-0.2, -0.15) is 0 Å². The van der Waals surface area contributed by atoms with Gasteiger partial charge in [-0.15, -0.1) is 11.3 Å². The summed E-state index contributed by atoms with van der Waals surface area (Å²) in [5.41, 5.74) is 6.77. The third-order valence-corrected chi connectivity index (χ3v) is 3.71. The van der Waals surface area contributed by atoms with Gasteiger partial charge in [-0.05, 0) is 36.4 Å². The summed E-state index contributed by atoms with van der Waals surface area (Å²) in [6.45, 7) is 5.35. The van der Waals surface area contributed by atoms with Crippen LogP contribution < -0.4 is 5.73 Å². The molecular weight excluding hydrogens is 220 g/mol. The van der Waals surface area contributed by atoms with Crippen LogP contribution in [0.5, 0.6) is 0 Å². The number of hydrogen-bond donors (Lipinski definition) is 1. The van der Waals surface area contributed by atoms with Crippen molar-refractivity contribution in [1.29, 1.82) is 0 Å². The highest BCUT2D eigenvalue weighted by Crippen LogP contribution is 2.17. The maximum atomic E-state index is 11.8. The topological polar surface area (TPSA) is 46.3 Å². The Morgan fingerprint density at radius 1 is 1.62 bits per heavy atom. The quantitative estimate of drug-likeness (QED) is 0.855. The molecular formula is C12H20N2OS. The van der Waals surface area contributed by atoms with Crippen molar-refractivity contribution >= 4 is 17.2 Å². The third kappa shape index (κ3) is 3.61. The van der Waals surface area contributed by atoms with E-state index in [0.29, 0.717) is 19.5 Å². The average molecular weight is 240 g/mol. The minimum Gasteiger partial charge on any atom is -0.341 e. The fourth-order valence-corrected chi connectivity index (χ4v) is 2.37. The first kappa shape index (κ1) is 13.2. The summed E-state index contributed by atoms with van der Waals surface area (Å²) in [6.07, 6.45) is 0.539. The molecule has 1 aromatic rings. The number of carbonyl (C=O) groups is 1. The molecule has 0 fully saturated rings. The zero-order valence-corrected chi connectivity index (χ0v) is 11.0. The van der Waals surface area contributed by atoms with Crippen LogP contribution in [0.1, 0.15) is 23.8 Å². The van der Waals surface area contributed by atoms with Gasteiger partial charge in [-0.3, -0.25) is 4.79 Å². The zero-order valence-electron chi connectivity index (χ0n) is 10.2. The van der Waals surface area contributed by atoms with Gasteiger partial charge in [0.1, 0.15) is 0 Å². The van der Waals surface area contributed by atoms with Gasteiger partial charge in [0.25, 0.3) is 0 Å². The minimum absolute atomic E-state index is 0.172. The second kappa shape index (κ2) is 6.01. The SMILES string of the molecule is Cc1ccsc1CN(C)C(=O)CC(C)CN. The van der Waals surface area contributed by atoms with Crippen molar-refractivity contribution in [2.75, 3.05) is 13.6 Å². The Morgan fingerprint density at radius 3 is 2.81 bits per heavy atom. The summed E-state index contributed by atoms with van der Waals surface area (Å²) in [7, 11) is 1.85. The largest absolute Gasteiger partial charge is 0.341 e. The van der Waals surface area contributed by atoms with Crippen LogP contribution in [0.15, 0.2) is 11.4 Å². The van der Waals surface area contributed by atoms with Crippen molar-refractivity contribution in [1.82, 2.24) is 4.90 Å². The molecule has 2 N–H and O–H groups in total. The molecule has 0 radical (unpaired) electrons. The molecule has 1 amide bonds. The molecule has 0 aliphatic carbocycles.